The fraction of sp³-hybridized carbons (Fsp3) is 0.684. The number of pyridine rings is 1. The van der Waals surface area contributed by atoms with Crippen LogP contribution in [0.15, 0.2) is 24.5 Å². The summed E-state index contributed by atoms with van der Waals surface area (Å²) in [5.74, 6) is 0.821. The van der Waals surface area contributed by atoms with Crippen LogP contribution in [0.4, 0.5) is 4.79 Å². The second kappa shape index (κ2) is 10.4. The van der Waals surface area contributed by atoms with E-state index in [2.05, 4.69) is 29.0 Å². The molecule has 2 heterocycles. The summed E-state index contributed by atoms with van der Waals surface area (Å²) in [7, 11) is 1.65. The number of rotatable bonds is 8. The minimum Gasteiger partial charge on any atom is -0.383 e. The SMILES string of the molecule is COCCN(Cc1cccnc1)C(=O)NC[C@@H](C)N1CCC(C)CC1. The molecule has 1 fully saturated rings. The van der Waals surface area contributed by atoms with Crippen molar-refractivity contribution in [1.82, 2.24) is 20.1 Å². The van der Waals surface area contributed by atoms with Gasteiger partial charge in [0.25, 0.3) is 0 Å². The maximum Gasteiger partial charge on any atom is 0.317 e. The van der Waals surface area contributed by atoms with Gasteiger partial charge in [0.05, 0.1) is 6.61 Å². The van der Waals surface area contributed by atoms with E-state index in [0.717, 1.165) is 24.6 Å². The molecule has 1 saturated heterocycles. The summed E-state index contributed by atoms with van der Waals surface area (Å²) >= 11 is 0. The number of piperidine rings is 1. The van der Waals surface area contributed by atoms with Crippen molar-refractivity contribution in [2.75, 3.05) is 39.9 Å². The van der Waals surface area contributed by atoms with E-state index in [9.17, 15) is 4.79 Å². The molecule has 140 valence electrons. The fourth-order valence-electron chi connectivity index (χ4n) is 3.11. The molecule has 1 aromatic rings. The summed E-state index contributed by atoms with van der Waals surface area (Å²) in [6, 6.07) is 4.19. The number of ether oxygens (including phenoxy) is 1. The molecule has 0 unspecified atom stereocenters. The van der Waals surface area contributed by atoms with Gasteiger partial charge in [0.2, 0.25) is 0 Å². The molecule has 2 rings (SSSR count). The first-order valence-corrected chi connectivity index (χ1v) is 9.24. The summed E-state index contributed by atoms with van der Waals surface area (Å²) < 4.78 is 5.15. The number of methoxy groups -OCH3 is 1. The number of urea groups is 1. The number of aromatic nitrogens is 1. The van der Waals surface area contributed by atoms with Crippen LogP contribution in [0.25, 0.3) is 0 Å². The summed E-state index contributed by atoms with van der Waals surface area (Å²) in [6.07, 6.45) is 6.04. The molecule has 1 aliphatic rings. The Hall–Kier alpha value is -1.66. The van der Waals surface area contributed by atoms with Crippen LogP contribution in [0.2, 0.25) is 0 Å². The predicted octanol–water partition coefficient (Wildman–Crippen LogP) is 2.36. The summed E-state index contributed by atoms with van der Waals surface area (Å²) in [6.45, 7) is 9.05. The van der Waals surface area contributed by atoms with E-state index in [0.29, 0.717) is 32.3 Å². The number of nitrogens with one attached hydrogen (secondary N) is 1. The molecule has 0 saturated carbocycles. The maximum absolute atomic E-state index is 12.6. The topological polar surface area (TPSA) is 57.7 Å². The van der Waals surface area contributed by atoms with Crippen LogP contribution >= 0.6 is 0 Å². The third-order valence-corrected chi connectivity index (χ3v) is 4.94. The Morgan fingerprint density at radius 3 is 2.88 bits per heavy atom. The van der Waals surface area contributed by atoms with Crippen LogP contribution in [0.1, 0.15) is 32.3 Å². The molecule has 6 heteroatoms. The maximum atomic E-state index is 12.6. The highest BCUT2D eigenvalue weighted by molar-refractivity contribution is 5.74. The van der Waals surface area contributed by atoms with Gasteiger partial charge in [-0.3, -0.25) is 9.88 Å². The second-order valence-electron chi connectivity index (χ2n) is 7.03. The molecule has 0 aromatic carbocycles. The predicted molar refractivity (Wildman–Crippen MR) is 99.4 cm³/mol. The Bertz CT molecular complexity index is 503. The normalized spacial score (nSPS) is 17.2. The number of likely N-dealkylation sites (tertiary alicyclic amines) is 1. The number of carbonyl (C=O) groups excluding carboxylic acids is 1. The van der Waals surface area contributed by atoms with Gasteiger partial charge in [-0.1, -0.05) is 13.0 Å². The zero-order chi connectivity index (χ0) is 18.1. The van der Waals surface area contributed by atoms with Gasteiger partial charge in [-0.05, 0) is 50.4 Å². The van der Waals surface area contributed by atoms with Gasteiger partial charge in [0, 0.05) is 45.2 Å². The molecule has 1 aromatic heterocycles. The van der Waals surface area contributed by atoms with Crippen molar-refractivity contribution >= 4 is 6.03 Å². The van der Waals surface area contributed by atoms with Crippen molar-refractivity contribution in [3.63, 3.8) is 0 Å². The number of amides is 2. The fourth-order valence-corrected chi connectivity index (χ4v) is 3.11. The average Bonchev–Trinajstić information content (AvgIpc) is 2.64. The van der Waals surface area contributed by atoms with Crippen molar-refractivity contribution in [3.8, 4) is 0 Å². The molecule has 0 bridgehead atoms. The van der Waals surface area contributed by atoms with Gasteiger partial charge in [0.15, 0.2) is 0 Å². The van der Waals surface area contributed by atoms with Crippen molar-refractivity contribution in [2.24, 2.45) is 5.92 Å². The van der Waals surface area contributed by atoms with Crippen LogP contribution in [-0.4, -0.2) is 66.8 Å². The first-order chi connectivity index (χ1) is 12.1. The van der Waals surface area contributed by atoms with Crippen molar-refractivity contribution in [3.05, 3.63) is 30.1 Å². The molecule has 0 aliphatic carbocycles. The largest absolute Gasteiger partial charge is 0.383 e. The van der Waals surface area contributed by atoms with E-state index < -0.39 is 0 Å². The number of carbonyl (C=O) groups is 1. The van der Waals surface area contributed by atoms with Crippen molar-refractivity contribution in [1.29, 1.82) is 0 Å². The van der Waals surface area contributed by atoms with Crippen LogP contribution < -0.4 is 5.32 Å². The van der Waals surface area contributed by atoms with Crippen LogP contribution in [0.5, 0.6) is 0 Å². The highest BCUT2D eigenvalue weighted by Gasteiger charge is 2.21. The Balaban J connectivity index is 1.83. The molecule has 1 N–H and O–H groups in total. The first kappa shape index (κ1) is 19.7. The Labute approximate surface area is 151 Å². The van der Waals surface area contributed by atoms with Crippen molar-refractivity contribution < 1.29 is 9.53 Å². The number of hydrogen-bond acceptors (Lipinski definition) is 4. The van der Waals surface area contributed by atoms with Crippen LogP contribution in [-0.2, 0) is 11.3 Å². The van der Waals surface area contributed by atoms with Gasteiger partial charge in [0.1, 0.15) is 0 Å². The monoisotopic (exact) mass is 348 g/mol. The zero-order valence-electron chi connectivity index (χ0n) is 15.8. The zero-order valence-corrected chi connectivity index (χ0v) is 15.8. The summed E-state index contributed by atoms with van der Waals surface area (Å²) in [5.41, 5.74) is 1.02. The van der Waals surface area contributed by atoms with Crippen LogP contribution in [0, 0.1) is 5.92 Å². The molecule has 1 aliphatic heterocycles. The quantitative estimate of drug-likeness (QED) is 0.783. The first-order valence-electron chi connectivity index (χ1n) is 9.24. The molecule has 0 spiro atoms. The number of nitrogens with zero attached hydrogens (tertiary/aromatic N) is 3. The van der Waals surface area contributed by atoms with E-state index >= 15 is 0 Å². The lowest BCUT2D eigenvalue weighted by Gasteiger charge is -2.35. The van der Waals surface area contributed by atoms with E-state index in [1.807, 2.05) is 12.1 Å². The highest BCUT2D eigenvalue weighted by atomic mass is 16.5. The minimum atomic E-state index is -0.0434. The Morgan fingerprint density at radius 1 is 1.48 bits per heavy atom. The molecular formula is C19H32N4O2. The van der Waals surface area contributed by atoms with E-state index in [1.54, 1.807) is 24.4 Å². The smallest absolute Gasteiger partial charge is 0.317 e. The highest BCUT2D eigenvalue weighted by Crippen LogP contribution is 2.17. The second-order valence-corrected chi connectivity index (χ2v) is 7.03. The Kier molecular flexibility index (Phi) is 8.15. The molecule has 6 nitrogen and oxygen atoms in total. The van der Waals surface area contributed by atoms with Crippen LogP contribution in [0.3, 0.4) is 0 Å². The molecule has 0 radical (unpaired) electrons. The van der Waals surface area contributed by atoms with Crippen molar-refractivity contribution in [2.45, 2.75) is 39.3 Å². The lowest BCUT2D eigenvalue weighted by Crippen LogP contribution is -2.48. The standard InChI is InChI=1S/C19H32N4O2/c1-16-6-9-22(10-7-16)17(2)13-21-19(24)23(11-12-25-3)15-18-5-4-8-20-14-18/h4-5,8,14,16-17H,6-7,9-13,15H2,1-3H3,(H,21,24)/t17-/m1/s1. The lowest BCUT2D eigenvalue weighted by molar-refractivity contribution is 0.133. The third kappa shape index (κ3) is 6.63. The van der Waals surface area contributed by atoms with E-state index in [4.69, 9.17) is 4.74 Å². The Morgan fingerprint density at radius 2 is 2.24 bits per heavy atom. The summed E-state index contributed by atoms with van der Waals surface area (Å²) in [5, 5.41) is 3.09. The van der Waals surface area contributed by atoms with Gasteiger partial charge in [-0.15, -0.1) is 0 Å². The third-order valence-electron chi connectivity index (χ3n) is 4.94. The molecular weight excluding hydrogens is 316 g/mol. The molecule has 1 atom stereocenters. The number of hydrogen-bond donors (Lipinski definition) is 1. The molecule has 25 heavy (non-hydrogen) atoms. The molecule has 2 amide bonds. The van der Waals surface area contributed by atoms with Gasteiger partial charge in [-0.2, -0.15) is 0 Å². The van der Waals surface area contributed by atoms with Gasteiger partial charge >= 0.3 is 6.03 Å². The van der Waals surface area contributed by atoms with Gasteiger partial charge < -0.3 is 15.0 Å². The van der Waals surface area contributed by atoms with E-state index in [1.165, 1.54) is 12.8 Å². The lowest BCUT2D eigenvalue weighted by atomic mass is 9.98. The minimum absolute atomic E-state index is 0.0434. The van der Waals surface area contributed by atoms with Gasteiger partial charge in [-0.25, -0.2) is 4.79 Å². The van der Waals surface area contributed by atoms with E-state index in [-0.39, 0.29) is 6.03 Å². The summed E-state index contributed by atoms with van der Waals surface area (Å²) in [4.78, 5) is 21.0. The average molecular weight is 348 g/mol.